The van der Waals surface area contributed by atoms with Gasteiger partial charge in [-0.15, -0.1) is 11.3 Å². The van der Waals surface area contributed by atoms with Gasteiger partial charge in [0.15, 0.2) is 0 Å². The van der Waals surface area contributed by atoms with Gasteiger partial charge < -0.3 is 14.8 Å². The van der Waals surface area contributed by atoms with Crippen LogP contribution in [0.2, 0.25) is 0 Å². The van der Waals surface area contributed by atoms with Gasteiger partial charge >= 0.3 is 0 Å². The van der Waals surface area contributed by atoms with Gasteiger partial charge in [-0.3, -0.25) is 4.79 Å². The highest BCUT2D eigenvalue weighted by atomic mass is 32.1. The van der Waals surface area contributed by atoms with Crippen LogP contribution in [0.1, 0.15) is 0 Å². The summed E-state index contributed by atoms with van der Waals surface area (Å²) >= 11 is 1.38. The standard InChI is InChI=1S/C19H18N4O3S/c1-25-10-9-20-15-7-8-21-18-16(15)14-11-22-23(19(24)17(14)27-18)12-3-5-13(26-2)6-4-12/h3-8,11H,9-10H2,1-2H3,(H,20,21). The van der Waals surface area contributed by atoms with Crippen LogP contribution in [0.3, 0.4) is 0 Å². The quantitative estimate of drug-likeness (QED) is 0.517. The number of aromatic nitrogens is 3. The van der Waals surface area contributed by atoms with Crippen LogP contribution in [-0.4, -0.2) is 42.1 Å². The maximum Gasteiger partial charge on any atom is 0.289 e. The molecule has 1 aromatic carbocycles. The average Bonchev–Trinajstić information content (AvgIpc) is 3.09. The van der Waals surface area contributed by atoms with Crippen LogP contribution in [0.15, 0.2) is 47.5 Å². The van der Waals surface area contributed by atoms with Crippen LogP contribution in [0, 0.1) is 0 Å². The second-order valence-electron chi connectivity index (χ2n) is 5.86. The lowest BCUT2D eigenvalue weighted by Crippen LogP contribution is -2.19. The van der Waals surface area contributed by atoms with Crippen molar-refractivity contribution in [1.29, 1.82) is 0 Å². The summed E-state index contributed by atoms with van der Waals surface area (Å²) in [4.78, 5) is 18.3. The fourth-order valence-corrected chi connectivity index (χ4v) is 4.00. The lowest BCUT2D eigenvalue weighted by molar-refractivity contribution is 0.211. The molecule has 27 heavy (non-hydrogen) atoms. The van der Waals surface area contributed by atoms with Crippen molar-refractivity contribution in [1.82, 2.24) is 14.8 Å². The number of anilines is 1. The maximum atomic E-state index is 13.0. The molecule has 4 rings (SSSR count). The van der Waals surface area contributed by atoms with Crippen LogP contribution in [0.25, 0.3) is 26.0 Å². The summed E-state index contributed by atoms with van der Waals surface area (Å²) in [7, 11) is 3.27. The van der Waals surface area contributed by atoms with Crippen molar-refractivity contribution in [2.24, 2.45) is 0 Å². The number of hydrogen-bond acceptors (Lipinski definition) is 7. The van der Waals surface area contributed by atoms with Crippen molar-refractivity contribution in [3.63, 3.8) is 0 Å². The molecule has 4 aromatic rings. The summed E-state index contributed by atoms with van der Waals surface area (Å²) in [5.41, 5.74) is 1.45. The number of ether oxygens (including phenoxy) is 2. The average molecular weight is 382 g/mol. The van der Waals surface area contributed by atoms with Crippen LogP contribution in [0.4, 0.5) is 5.69 Å². The van der Waals surface area contributed by atoms with Gasteiger partial charge in [0.25, 0.3) is 5.56 Å². The Labute approximate surface area is 159 Å². The smallest absolute Gasteiger partial charge is 0.289 e. The Balaban J connectivity index is 1.84. The zero-order chi connectivity index (χ0) is 18.8. The molecule has 0 saturated heterocycles. The number of pyridine rings is 1. The van der Waals surface area contributed by atoms with Gasteiger partial charge in [-0.2, -0.15) is 9.78 Å². The molecular weight excluding hydrogens is 364 g/mol. The highest BCUT2D eigenvalue weighted by Gasteiger charge is 2.15. The molecule has 0 atom stereocenters. The van der Waals surface area contributed by atoms with Gasteiger partial charge in [-0.1, -0.05) is 0 Å². The van der Waals surface area contributed by atoms with Gasteiger partial charge in [0, 0.05) is 36.3 Å². The second kappa shape index (κ2) is 7.34. The Kier molecular flexibility index (Phi) is 4.74. The van der Waals surface area contributed by atoms with Crippen molar-refractivity contribution >= 4 is 37.3 Å². The Morgan fingerprint density at radius 3 is 2.74 bits per heavy atom. The molecule has 0 radical (unpaired) electrons. The van der Waals surface area contributed by atoms with E-state index < -0.39 is 0 Å². The second-order valence-corrected chi connectivity index (χ2v) is 6.86. The minimum absolute atomic E-state index is 0.163. The normalized spacial score (nSPS) is 11.2. The highest BCUT2D eigenvalue weighted by Crippen LogP contribution is 2.34. The number of fused-ring (bicyclic) bond motifs is 3. The van der Waals surface area contributed by atoms with Crippen molar-refractivity contribution in [3.8, 4) is 11.4 Å². The van der Waals surface area contributed by atoms with E-state index in [9.17, 15) is 4.79 Å². The molecule has 3 aromatic heterocycles. The summed E-state index contributed by atoms with van der Waals surface area (Å²) in [5, 5.41) is 9.44. The molecule has 8 heteroatoms. The minimum atomic E-state index is -0.163. The van der Waals surface area contributed by atoms with Gasteiger partial charge in [0.1, 0.15) is 15.3 Å². The first-order chi connectivity index (χ1) is 13.2. The zero-order valence-corrected chi connectivity index (χ0v) is 15.7. The Hall–Kier alpha value is -2.97. The first kappa shape index (κ1) is 17.4. The summed E-state index contributed by atoms with van der Waals surface area (Å²) in [6.45, 7) is 1.26. The van der Waals surface area contributed by atoms with E-state index in [-0.39, 0.29) is 5.56 Å². The van der Waals surface area contributed by atoms with Crippen molar-refractivity contribution < 1.29 is 9.47 Å². The first-order valence-corrected chi connectivity index (χ1v) is 9.21. The molecule has 0 bridgehead atoms. The molecule has 7 nitrogen and oxygen atoms in total. The number of methoxy groups -OCH3 is 2. The Morgan fingerprint density at radius 2 is 2.00 bits per heavy atom. The number of thiophene rings is 1. The summed E-state index contributed by atoms with van der Waals surface area (Å²) in [6.07, 6.45) is 3.46. The van der Waals surface area contributed by atoms with E-state index in [1.54, 1.807) is 38.7 Å². The number of hydrogen-bond donors (Lipinski definition) is 1. The summed E-state index contributed by atoms with van der Waals surface area (Å²) < 4.78 is 12.3. The first-order valence-electron chi connectivity index (χ1n) is 8.39. The molecule has 1 N–H and O–H groups in total. The van der Waals surface area contributed by atoms with Crippen LogP contribution < -0.4 is 15.6 Å². The predicted molar refractivity (Wildman–Crippen MR) is 107 cm³/mol. The molecule has 0 unspecified atom stereocenters. The molecule has 138 valence electrons. The Morgan fingerprint density at radius 1 is 1.19 bits per heavy atom. The van der Waals surface area contributed by atoms with E-state index in [0.717, 1.165) is 27.0 Å². The lowest BCUT2D eigenvalue weighted by Gasteiger charge is -2.08. The molecule has 0 amide bonds. The van der Waals surface area contributed by atoms with E-state index in [0.29, 0.717) is 23.5 Å². The fraction of sp³-hybridized carbons (Fsp3) is 0.211. The molecule has 0 saturated carbocycles. The number of nitrogens with one attached hydrogen (secondary N) is 1. The van der Waals surface area contributed by atoms with Gasteiger partial charge in [-0.25, -0.2) is 4.98 Å². The zero-order valence-electron chi connectivity index (χ0n) is 14.9. The predicted octanol–water partition coefficient (Wildman–Crippen LogP) is 3.06. The molecule has 3 heterocycles. The molecule has 0 aliphatic carbocycles. The number of benzene rings is 1. The van der Waals surface area contributed by atoms with Crippen molar-refractivity contribution in [3.05, 3.63) is 53.1 Å². The monoisotopic (exact) mass is 382 g/mol. The Bertz CT molecular complexity index is 1150. The molecule has 0 aliphatic rings. The van der Waals surface area contributed by atoms with Crippen LogP contribution in [0.5, 0.6) is 5.75 Å². The van der Waals surface area contributed by atoms with Gasteiger partial charge in [0.05, 0.1) is 25.6 Å². The van der Waals surface area contributed by atoms with E-state index in [1.165, 1.54) is 16.0 Å². The fourth-order valence-electron chi connectivity index (χ4n) is 2.93. The largest absolute Gasteiger partial charge is 0.497 e. The van der Waals surface area contributed by atoms with E-state index in [2.05, 4.69) is 15.4 Å². The topological polar surface area (TPSA) is 78.3 Å². The maximum absolute atomic E-state index is 13.0. The summed E-state index contributed by atoms with van der Waals surface area (Å²) in [6, 6.07) is 9.12. The number of rotatable bonds is 6. The third-order valence-corrected chi connectivity index (χ3v) is 5.36. The van der Waals surface area contributed by atoms with Gasteiger partial charge in [0.2, 0.25) is 0 Å². The van der Waals surface area contributed by atoms with Crippen LogP contribution >= 0.6 is 11.3 Å². The SMILES string of the molecule is COCCNc1ccnc2sc3c(=O)n(-c4ccc(OC)cc4)ncc3c12. The third kappa shape index (κ3) is 3.13. The lowest BCUT2D eigenvalue weighted by atomic mass is 10.2. The number of nitrogens with zero attached hydrogens (tertiary/aromatic N) is 3. The van der Waals surface area contributed by atoms with E-state index in [4.69, 9.17) is 9.47 Å². The summed E-state index contributed by atoms with van der Waals surface area (Å²) in [5.74, 6) is 0.728. The third-order valence-electron chi connectivity index (χ3n) is 4.26. The molecule has 0 spiro atoms. The van der Waals surface area contributed by atoms with E-state index in [1.807, 2.05) is 18.2 Å². The molecule has 0 fully saturated rings. The highest BCUT2D eigenvalue weighted by molar-refractivity contribution is 7.25. The van der Waals surface area contributed by atoms with E-state index >= 15 is 0 Å². The molecular formula is C19H18N4O3S. The minimum Gasteiger partial charge on any atom is -0.497 e. The van der Waals surface area contributed by atoms with Crippen molar-refractivity contribution in [2.75, 3.05) is 32.7 Å². The molecule has 0 aliphatic heterocycles. The van der Waals surface area contributed by atoms with Crippen molar-refractivity contribution in [2.45, 2.75) is 0 Å². The van der Waals surface area contributed by atoms with Crippen LogP contribution in [-0.2, 0) is 4.74 Å². The van der Waals surface area contributed by atoms with Gasteiger partial charge in [-0.05, 0) is 30.3 Å².